The molecule has 130 valence electrons. The third kappa shape index (κ3) is 3.56. The van der Waals surface area contributed by atoms with E-state index < -0.39 is 21.8 Å². The first kappa shape index (κ1) is 17.2. The first-order valence-corrected chi connectivity index (χ1v) is 9.50. The van der Waals surface area contributed by atoms with E-state index >= 15 is 0 Å². The minimum Gasteiger partial charge on any atom is -0.288 e. The van der Waals surface area contributed by atoms with Crippen molar-refractivity contribution in [3.8, 4) is 0 Å². The minimum atomic E-state index is -3.85. The van der Waals surface area contributed by atoms with Gasteiger partial charge in [0.15, 0.2) is 0 Å². The van der Waals surface area contributed by atoms with Gasteiger partial charge in [0.2, 0.25) is 0 Å². The molecule has 0 unspecified atom stereocenters. The van der Waals surface area contributed by atoms with Gasteiger partial charge < -0.3 is 0 Å². The van der Waals surface area contributed by atoms with E-state index in [4.69, 9.17) is 0 Å². The maximum atomic E-state index is 12.5. The number of hydrogen-bond donors (Lipinski definition) is 2. The van der Waals surface area contributed by atoms with Crippen molar-refractivity contribution in [1.82, 2.24) is 5.32 Å². The molecule has 0 aliphatic carbocycles. The zero-order chi connectivity index (χ0) is 18.0. The summed E-state index contributed by atoms with van der Waals surface area (Å²) in [5.74, 6) is -1.10. The van der Waals surface area contributed by atoms with E-state index in [2.05, 4.69) is 17.0 Å². The molecule has 2 amide bonds. The Kier molecular flexibility index (Phi) is 4.59. The van der Waals surface area contributed by atoms with Gasteiger partial charge >= 0.3 is 0 Å². The lowest BCUT2D eigenvalue weighted by Gasteiger charge is -2.09. The standard InChI is InChI=1S/C18H18N2O4S/c1-2-3-4-12-5-7-13(8-6-12)20-25(23,24)14-9-10-15-16(11-14)18(22)19-17(15)21/h5-11,20H,2-4H2,1H3,(H,19,21,22). The highest BCUT2D eigenvalue weighted by molar-refractivity contribution is 7.92. The molecule has 25 heavy (non-hydrogen) atoms. The van der Waals surface area contributed by atoms with Crippen molar-refractivity contribution >= 4 is 27.5 Å². The number of imide groups is 1. The van der Waals surface area contributed by atoms with E-state index in [9.17, 15) is 18.0 Å². The number of hydrogen-bond acceptors (Lipinski definition) is 4. The van der Waals surface area contributed by atoms with Crippen LogP contribution >= 0.6 is 0 Å². The van der Waals surface area contributed by atoms with Crippen molar-refractivity contribution in [2.45, 2.75) is 31.1 Å². The summed E-state index contributed by atoms with van der Waals surface area (Å²) in [5.41, 5.74) is 1.85. The maximum absolute atomic E-state index is 12.5. The Morgan fingerprint density at radius 1 is 0.960 bits per heavy atom. The average molecular weight is 358 g/mol. The topological polar surface area (TPSA) is 92.3 Å². The molecular formula is C18H18N2O4S. The van der Waals surface area contributed by atoms with Gasteiger partial charge in [0, 0.05) is 5.69 Å². The quantitative estimate of drug-likeness (QED) is 0.777. The van der Waals surface area contributed by atoms with Crippen molar-refractivity contribution in [1.29, 1.82) is 0 Å². The SMILES string of the molecule is CCCCc1ccc(NS(=O)(=O)c2ccc3c(c2)C(=O)NC3=O)cc1. The number of carbonyl (C=O) groups is 2. The fourth-order valence-corrected chi connectivity index (χ4v) is 3.73. The van der Waals surface area contributed by atoms with Crippen molar-refractivity contribution in [2.75, 3.05) is 4.72 Å². The van der Waals surface area contributed by atoms with Crippen LogP contribution in [0.1, 0.15) is 46.0 Å². The summed E-state index contributed by atoms with van der Waals surface area (Å²) in [6.07, 6.45) is 3.14. The Morgan fingerprint density at radius 3 is 2.32 bits per heavy atom. The van der Waals surface area contributed by atoms with Gasteiger partial charge in [0.1, 0.15) is 0 Å². The molecule has 0 fully saturated rings. The number of nitrogens with one attached hydrogen (secondary N) is 2. The molecule has 0 aromatic heterocycles. The van der Waals surface area contributed by atoms with Gasteiger partial charge in [-0.1, -0.05) is 25.5 Å². The minimum absolute atomic E-state index is 0.0637. The molecule has 1 aliphatic rings. The van der Waals surface area contributed by atoms with Gasteiger partial charge in [-0.15, -0.1) is 0 Å². The summed E-state index contributed by atoms with van der Waals surface area (Å²) >= 11 is 0. The van der Waals surface area contributed by atoms with Crippen LogP contribution in [0.4, 0.5) is 5.69 Å². The molecule has 1 aliphatic heterocycles. The predicted molar refractivity (Wildman–Crippen MR) is 94.1 cm³/mol. The smallest absolute Gasteiger partial charge is 0.261 e. The number of sulfonamides is 1. The number of aryl methyl sites for hydroxylation is 1. The van der Waals surface area contributed by atoms with Crippen LogP contribution in [0.5, 0.6) is 0 Å². The maximum Gasteiger partial charge on any atom is 0.261 e. The number of fused-ring (bicyclic) bond motifs is 1. The molecule has 0 radical (unpaired) electrons. The van der Waals surface area contributed by atoms with Crippen LogP contribution in [0.3, 0.4) is 0 Å². The second kappa shape index (κ2) is 6.68. The Morgan fingerprint density at radius 2 is 1.64 bits per heavy atom. The third-order valence-electron chi connectivity index (χ3n) is 4.04. The highest BCUT2D eigenvalue weighted by Gasteiger charge is 2.28. The summed E-state index contributed by atoms with van der Waals surface area (Å²) in [6, 6.07) is 11.1. The molecule has 0 saturated carbocycles. The number of amides is 2. The van der Waals surface area contributed by atoms with Crippen LogP contribution in [-0.4, -0.2) is 20.2 Å². The zero-order valence-corrected chi connectivity index (χ0v) is 14.5. The largest absolute Gasteiger partial charge is 0.288 e. The molecule has 3 rings (SSSR count). The molecule has 0 spiro atoms. The summed E-state index contributed by atoms with van der Waals surface area (Å²) in [5, 5.41) is 2.14. The second-order valence-corrected chi connectivity index (χ2v) is 7.58. The normalized spacial score (nSPS) is 13.5. The number of carbonyl (C=O) groups excluding carboxylic acids is 2. The average Bonchev–Trinajstić information content (AvgIpc) is 2.88. The summed E-state index contributed by atoms with van der Waals surface area (Å²) < 4.78 is 27.5. The zero-order valence-electron chi connectivity index (χ0n) is 13.7. The van der Waals surface area contributed by atoms with E-state index in [-0.39, 0.29) is 16.0 Å². The first-order valence-electron chi connectivity index (χ1n) is 8.02. The molecule has 6 nitrogen and oxygen atoms in total. The van der Waals surface area contributed by atoms with Crippen LogP contribution in [-0.2, 0) is 16.4 Å². The molecule has 2 aromatic rings. The van der Waals surface area contributed by atoms with Gasteiger partial charge in [-0.2, -0.15) is 0 Å². The van der Waals surface area contributed by atoms with Gasteiger partial charge in [-0.25, -0.2) is 8.42 Å². The molecule has 2 N–H and O–H groups in total. The van der Waals surface area contributed by atoms with Crippen LogP contribution in [0.25, 0.3) is 0 Å². The number of unbranched alkanes of at least 4 members (excludes halogenated alkanes) is 1. The Hall–Kier alpha value is -2.67. The summed E-state index contributed by atoms with van der Waals surface area (Å²) in [7, 11) is -3.85. The molecular weight excluding hydrogens is 340 g/mol. The molecule has 2 aromatic carbocycles. The van der Waals surface area contributed by atoms with Crippen LogP contribution in [0.15, 0.2) is 47.4 Å². The van der Waals surface area contributed by atoms with Crippen LogP contribution in [0, 0.1) is 0 Å². The lowest BCUT2D eigenvalue weighted by molar-refractivity contribution is 0.0879. The first-order chi connectivity index (χ1) is 11.9. The number of rotatable bonds is 6. The monoisotopic (exact) mass is 358 g/mol. The Labute approximate surface area is 146 Å². The fourth-order valence-electron chi connectivity index (χ4n) is 2.65. The van der Waals surface area contributed by atoms with E-state index in [1.54, 1.807) is 12.1 Å². The Bertz CT molecular complexity index is 934. The van der Waals surface area contributed by atoms with Gasteiger partial charge in [-0.3, -0.25) is 19.6 Å². The van der Waals surface area contributed by atoms with Gasteiger partial charge in [-0.05, 0) is 48.7 Å². The van der Waals surface area contributed by atoms with Crippen LogP contribution in [0.2, 0.25) is 0 Å². The van der Waals surface area contributed by atoms with Crippen molar-refractivity contribution in [2.24, 2.45) is 0 Å². The van der Waals surface area contributed by atoms with E-state index in [0.717, 1.165) is 24.8 Å². The molecule has 1 heterocycles. The molecule has 7 heteroatoms. The van der Waals surface area contributed by atoms with Gasteiger partial charge in [0.25, 0.3) is 21.8 Å². The van der Waals surface area contributed by atoms with E-state index in [1.807, 2.05) is 12.1 Å². The third-order valence-corrected chi connectivity index (χ3v) is 5.42. The number of anilines is 1. The lowest BCUT2D eigenvalue weighted by atomic mass is 10.1. The fraction of sp³-hybridized carbons (Fsp3) is 0.222. The summed E-state index contributed by atoms with van der Waals surface area (Å²) in [6.45, 7) is 2.12. The van der Waals surface area contributed by atoms with Crippen molar-refractivity contribution in [3.05, 3.63) is 59.2 Å². The van der Waals surface area contributed by atoms with Gasteiger partial charge in [0.05, 0.1) is 16.0 Å². The molecule has 0 saturated heterocycles. The van der Waals surface area contributed by atoms with Crippen molar-refractivity contribution in [3.63, 3.8) is 0 Å². The predicted octanol–water partition coefficient (Wildman–Crippen LogP) is 2.71. The summed E-state index contributed by atoms with van der Waals surface area (Å²) in [4.78, 5) is 23.2. The molecule has 0 bridgehead atoms. The van der Waals surface area contributed by atoms with E-state index in [0.29, 0.717) is 5.69 Å². The number of benzene rings is 2. The molecule has 0 atom stereocenters. The highest BCUT2D eigenvalue weighted by atomic mass is 32.2. The van der Waals surface area contributed by atoms with Crippen LogP contribution < -0.4 is 10.0 Å². The Balaban J connectivity index is 1.82. The second-order valence-electron chi connectivity index (χ2n) is 5.90. The van der Waals surface area contributed by atoms with E-state index in [1.165, 1.54) is 18.2 Å². The lowest BCUT2D eigenvalue weighted by Crippen LogP contribution is -2.19. The van der Waals surface area contributed by atoms with Crippen molar-refractivity contribution < 1.29 is 18.0 Å². The highest BCUT2D eigenvalue weighted by Crippen LogP contribution is 2.22.